The predicted octanol–water partition coefficient (Wildman–Crippen LogP) is 0.144. The Bertz CT molecular complexity index is 572. The van der Waals surface area contributed by atoms with Crippen LogP contribution in [0.2, 0.25) is 0 Å². The highest BCUT2D eigenvalue weighted by atomic mass is 32.2. The second kappa shape index (κ2) is 5.32. The minimum absolute atomic E-state index is 0.0118. The number of sulfonamides is 1. The maximum absolute atomic E-state index is 11.8. The van der Waals surface area contributed by atoms with Gasteiger partial charge in [0.25, 0.3) is 5.91 Å². The molecule has 0 spiro atoms. The number of hydrogen-bond acceptors (Lipinski definition) is 5. The number of ether oxygens (including phenoxy) is 1. The van der Waals surface area contributed by atoms with E-state index < -0.39 is 15.9 Å². The van der Waals surface area contributed by atoms with Crippen molar-refractivity contribution in [2.45, 2.75) is 30.8 Å². The Labute approximate surface area is 111 Å². The number of nitrogens with one attached hydrogen (secondary N) is 1. The highest BCUT2D eigenvalue weighted by Gasteiger charge is 2.22. The van der Waals surface area contributed by atoms with Crippen LogP contribution in [0.4, 0.5) is 0 Å². The van der Waals surface area contributed by atoms with E-state index in [1.165, 1.54) is 6.92 Å². The molecule has 8 heteroatoms. The average Bonchev–Trinajstić information content (AvgIpc) is 2.93. The molecule has 2 heterocycles. The maximum atomic E-state index is 11.8. The van der Waals surface area contributed by atoms with E-state index in [0.29, 0.717) is 13.2 Å². The first kappa shape index (κ1) is 14.0. The van der Waals surface area contributed by atoms with Crippen molar-refractivity contribution in [2.24, 2.45) is 5.14 Å². The summed E-state index contributed by atoms with van der Waals surface area (Å²) < 4.78 is 32.9. The lowest BCUT2D eigenvalue weighted by Gasteiger charge is -2.09. The third-order valence-electron chi connectivity index (χ3n) is 2.92. The Balaban J connectivity index is 2.03. The third kappa shape index (κ3) is 3.34. The Morgan fingerprint density at radius 2 is 2.32 bits per heavy atom. The van der Waals surface area contributed by atoms with Crippen LogP contribution in [0.5, 0.6) is 0 Å². The monoisotopic (exact) mass is 288 g/mol. The van der Waals surface area contributed by atoms with Crippen molar-refractivity contribution in [3.63, 3.8) is 0 Å². The summed E-state index contributed by atoms with van der Waals surface area (Å²) in [6, 6.07) is 1.13. The number of primary sulfonamides is 1. The maximum Gasteiger partial charge on any atom is 0.287 e. The first-order chi connectivity index (χ1) is 8.88. The van der Waals surface area contributed by atoms with Crippen molar-refractivity contribution in [1.82, 2.24) is 5.32 Å². The van der Waals surface area contributed by atoms with Crippen LogP contribution in [0.1, 0.15) is 29.2 Å². The van der Waals surface area contributed by atoms with Crippen LogP contribution in [-0.2, 0) is 14.8 Å². The summed E-state index contributed by atoms with van der Waals surface area (Å²) in [4.78, 5) is 11.6. The molecule has 1 atom stereocenters. The van der Waals surface area contributed by atoms with E-state index in [-0.39, 0.29) is 22.5 Å². The minimum Gasteiger partial charge on any atom is -0.455 e. The van der Waals surface area contributed by atoms with Gasteiger partial charge in [0, 0.05) is 19.2 Å². The van der Waals surface area contributed by atoms with Crippen LogP contribution in [-0.4, -0.2) is 33.6 Å². The molecule has 2 rings (SSSR count). The number of hydrogen-bond donors (Lipinski definition) is 2. The van der Waals surface area contributed by atoms with Crippen LogP contribution in [0.15, 0.2) is 15.4 Å². The minimum atomic E-state index is -3.88. The van der Waals surface area contributed by atoms with Gasteiger partial charge in [-0.25, -0.2) is 13.6 Å². The van der Waals surface area contributed by atoms with E-state index in [2.05, 4.69) is 5.32 Å². The molecule has 3 N–H and O–H groups in total. The molecule has 1 aromatic heterocycles. The SMILES string of the molecule is Cc1oc(C(=O)NCC2CCCO2)cc1S(N)(=O)=O. The average molecular weight is 288 g/mol. The highest BCUT2D eigenvalue weighted by molar-refractivity contribution is 7.89. The molecule has 0 saturated carbocycles. The van der Waals surface area contributed by atoms with Crippen LogP contribution < -0.4 is 10.5 Å². The first-order valence-electron chi connectivity index (χ1n) is 5.91. The zero-order valence-electron chi connectivity index (χ0n) is 10.5. The zero-order chi connectivity index (χ0) is 14.0. The van der Waals surface area contributed by atoms with Crippen LogP contribution >= 0.6 is 0 Å². The summed E-state index contributed by atoms with van der Waals surface area (Å²) in [7, 11) is -3.88. The smallest absolute Gasteiger partial charge is 0.287 e. The van der Waals surface area contributed by atoms with Crippen molar-refractivity contribution in [2.75, 3.05) is 13.2 Å². The Hall–Kier alpha value is -1.38. The molecule has 1 aliphatic rings. The number of rotatable bonds is 4. The van der Waals surface area contributed by atoms with E-state index in [9.17, 15) is 13.2 Å². The molecule has 0 radical (unpaired) electrons. The molecule has 0 bridgehead atoms. The molecular formula is C11H16N2O5S. The number of amides is 1. The normalized spacial score (nSPS) is 19.6. The fraction of sp³-hybridized carbons (Fsp3) is 0.545. The molecule has 1 saturated heterocycles. The van der Waals surface area contributed by atoms with Gasteiger partial charge in [-0.15, -0.1) is 0 Å². The molecule has 1 aliphatic heterocycles. The van der Waals surface area contributed by atoms with Gasteiger partial charge in [-0.1, -0.05) is 0 Å². The largest absolute Gasteiger partial charge is 0.455 e. The lowest BCUT2D eigenvalue weighted by Crippen LogP contribution is -2.31. The molecule has 7 nitrogen and oxygen atoms in total. The van der Waals surface area contributed by atoms with E-state index in [4.69, 9.17) is 14.3 Å². The Kier molecular flexibility index (Phi) is 3.93. The van der Waals surface area contributed by atoms with Crippen molar-refractivity contribution in [3.8, 4) is 0 Å². The number of aryl methyl sites for hydroxylation is 1. The first-order valence-corrected chi connectivity index (χ1v) is 7.45. The molecule has 106 valence electrons. The van der Waals surface area contributed by atoms with Crippen molar-refractivity contribution >= 4 is 15.9 Å². The van der Waals surface area contributed by atoms with E-state index in [0.717, 1.165) is 18.9 Å². The standard InChI is InChI=1S/C11H16N2O5S/c1-7-10(19(12,15)16)5-9(18-7)11(14)13-6-8-3-2-4-17-8/h5,8H,2-4,6H2,1H3,(H,13,14)(H2,12,15,16). The predicted molar refractivity (Wildman–Crippen MR) is 66.1 cm³/mol. The summed E-state index contributed by atoms with van der Waals surface area (Å²) in [5, 5.41) is 7.64. The van der Waals surface area contributed by atoms with Crippen molar-refractivity contribution in [1.29, 1.82) is 0 Å². The molecular weight excluding hydrogens is 272 g/mol. The van der Waals surface area contributed by atoms with E-state index in [1.54, 1.807) is 0 Å². The van der Waals surface area contributed by atoms with Gasteiger partial charge < -0.3 is 14.5 Å². The molecule has 1 fully saturated rings. The van der Waals surface area contributed by atoms with Gasteiger partial charge in [-0.2, -0.15) is 0 Å². The second-order valence-electron chi connectivity index (χ2n) is 4.42. The summed E-state index contributed by atoms with van der Waals surface area (Å²) >= 11 is 0. The molecule has 19 heavy (non-hydrogen) atoms. The van der Waals surface area contributed by atoms with Gasteiger partial charge in [0.15, 0.2) is 5.76 Å². The van der Waals surface area contributed by atoms with Crippen LogP contribution in [0.25, 0.3) is 0 Å². The Morgan fingerprint density at radius 1 is 1.58 bits per heavy atom. The lowest BCUT2D eigenvalue weighted by molar-refractivity contribution is 0.0834. The van der Waals surface area contributed by atoms with E-state index >= 15 is 0 Å². The van der Waals surface area contributed by atoms with Crippen LogP contribution in [0, 0.1) is 6.92 Å². The molecule has 0 aliphatic carbocycles. The zero-order valence-corrected chi connectivity index (χ0v) is 11.3. The van der Waals surface area contributed by atoms with Crippen molar-refractivity contribution < 1.29 is 22.4 Å². The van der Waals surface area contributed by atoms with Gasteiger partial charge >= 0.3 is 0 Å². The number of furan rings is 1. The summed E-state index contributed by atoms with van der Waals surface area (Å²) in [5.41, 5.74) is 0. The topological polar surface area (TPSA) is 112 Å². The van der Waals surface area contributed by atoms with E-state index in [1.807, 2.05) is 0 Å². The van der Waals surface area contributed by atoms with Gasteiger partial charge in [-0.05, 0) is 19.8 Å². The molecule has 1 unspecified atom stereocenters. The molecule has 1 amide bonds. The molecule has 1 aromatic rings. The van der Waals surface area contributed by atoms with Gasteiger partial charge in [0.05, 0.1) is 6.10 Å². The summed E-state index contributed by atoms with van der Waals surface area (Å²) in [6.07, 6.45) is 1.90. The van der Waals surface area contributed by atoms with Crippen molar-refractivity contribution in [3.05, 3.63) is 17.6 Å². The highest BCUT2D eigenvalue weighted by Crippen LogP contribution is 2.18. The fourth-order valence-corrected chi connectivity index (χ4v) is 2.67. The number of carbonyl (C=O) groups is 1. The summed E-state index contributed by atoms with van der Waals surface area (Å²) in [5.74, 6) is -0.446. The lowest BCUT2D eigenvalue weighted by atomic mass is 10.2. The Morgan fingerprint density at radius 3 is 2.84 bits per heavy atom. The number of nitrogens with two attached hydrogens (primary N) is 1. The van der Waals surface area contributed by atoms with Gasteiger partial charge in [-0.3, -0.25) is 4.79 Å². The summed E-state index contributed by atoms with van der Waals surface area (Å²) in [6.45, 7) is 2.52. The van der Waals surface area contributed by atoms with Crippen LogP contribution in [0.3, 0.4) is 0 Å². The molecule has 0 aromatic carbocycles. The second-order valence-corrected chi connectivity index (χ2v) is 5.95. The van der Waals surface area contributed by atoms with Gasteiger partial charge in [0.2, 0.25) is 10.0 Å². The fourth-order valence-electron chi connectivity index (χ4n) is 1.96. The quantitative estimate of drug-likeness (QED) is 0.818. The number of carbonyl (C=O) groups excluding carboxylic acids is 1. The van der Waals surface area contributed by atoms with Gasteiger partial charge in [0.1, 0.15) is 10.7 Å². The third-order valence-corrected chi connectivity index (χ3v) is 3.94.